The number of imidazole rings is 1. The number of hydrogen-bond acceptors (Lipinski definition) is 3. The molecule has 106 valence electrons. The summed E-state index contributed by atoms with van der Waals surface area (Å²) < 4.78 is 1.61. The summed E-state index contributed by atoms with van der Waals surface area (Å²) in [4.78, 5) is 15.7. The fourth-order valence-electron chi connectivity index (χ4n) is 2.33. The van der Waals surface area contributed by atoms with Crippen LogP contribution in [0.15, 0.2) is 47.8 Å². The predicted molar refractivity (Wildman–Crippen MR) is 85.2 cm³/mol. The summed E-state index contributed by atoms with van der Waals surface area (Å²) >= 11 is 6.13. The summed E-state index contributed by atoms with van der Waals surface area (Å²) in [5, 5.41) is 3.62. The van der Waals surface area contributed by atoms with Gasteiger partial charge in [0.15, 0.2) is 5.65 Å². The summed E-state index contributed by atoms with van der Waals surface area (Å²) in [6.45, 7) is 4.27. The van der Waals surface area contributed by atoms with Crippen molar-refractivity contribution in [3.05, 3.63) is 58.1 Å². The molecule has 2 heterocycles. The van der Waals surface area contributed by atoms with Crippen LogP contribution in [0.5, 0.6) is 0 Å². The lowest BCUT2D eigenvalue weighted by molar-refractivity contribution is 0.867. The fourth-order valence-corrected chi connectivity index (χ4v) is 2.53. The van der Waals surface area contributed by atoms with Crippen molar-refractivity contribution in [3.8, 4) is 11.3 Å². The molecule has 3 rings (SSSR count). The molecule has 0 radical (unpaired) electrons. The standard InChI is InChI=1S/C16H14ClN3O/c1-10(2)11-5-7-12(8-6-11)14-16(19-21)20-9-3-4-13(17)15(20)18-14/h3-10H,1-2H3. The molecule has 0 aliphatic carbocycles. The molecule has 4 nitrogen and oxygen atoms in total. The SMILES string of the molecule is CC(C)c1ccc(-c2nc3c(Cl)cccn3c2N=O)cc1. The lowest BCUT2D eigenvalue weighted by Gasteiger charge is -2.05. The molecule has 0 bridgehead atoms. The van der Waals surface area contributed by atoms with Crippen molar-refractivity contribution in [2.24, 2.45) is 5.18 Å². The van der Waals surface area contributed by atoms with E-state index in [4.69, 9.17) is 11.6 Å². The molecule has 0 saturated carbocycles. The summed E-state index contributed by atoms with van der Waals surface area (Å²) in [6.07, 6.45) is 1.73. The number of halogens is 1. The van der Waals surface area contributed by atoms with Crippen molar-refractivity contribution in [2.75, 3.05) is 0 Å². The highest BCUT2D eigenvalue weighted by molar-refractivity contribution is 6.33. The van der Waals surface area contributed by atoms with Crippen molar-refractivity contribution < 1.29 is 0 Å². The van der Waals surface area contributed by atoms with Gasteiger partial charge < -0.3 is 0 Å². The van der Waals surface area contributed by atoms with E-state index in [-0.39, 0.29) is 5.82 Å². The summed E-state index contributed by atoms with van der Waals surface area (Å²) in [7, 11) is 0. The molecule has 0 aliphatic heterocycles. The van der Waals surface area contributed by atoms with Gasteiger partial charge in [-0.1, -0.05) is 49.7 Å². The Morgan fingerprint density at radius 1 is 1.19 bits per heavy atom. The molecule has 21 heavy (non-hydrogen) atoms. The van der Waals surface area contributed by atoms with E-state index in [9.17, 15) is 4.91 Å². The average Bonchev–Trinajstić information content (AvgIpc) is 2.87. The van der Waals surface area contributed by atoms with E-state index in [1.54, 1.807) is 22.7 Å². The smallest absolute Gasteiger partial charge is 0.209 e. The number of nitroso groups, excluding NO2 is 1. The molecule has 3 aromatic rings. The minimum Gasteiger partial charge on any atom is -0.280 e. The molecule has 0 amide bonds. The molecule has 0 saturated heterocycles. The maximum Gasteiger partial charge on any atom is 0.209 e. The van der Waals surface area contributed by atoms with Gasteiger partial charge in [-0.2, -0.15) is 0 Å². The topological polar surface area (TPSA) is 46.7 Å². The third-order valence-electron chi connectivity index (χ3n) is 3.51. The number of rotatable bonds is 3. The molecule has 1 aromatic carbocycles. The van der Waals surface area contributed by atoms with E-state index < -0.39 is 0 Å². The predicted octanol–water partition coefficient (Wildman–Crippen LogP) is 5.18. The summed E-state index contributed by atoms with van der Waals surface area (Å²) in [5.41, 5.74) is 3.18. The third kappa shape index (κ3) is 2.32. The van der Waals surface area contributed by atoms with Gasteiger partial charge in [0, 0.05) is 11.8 Å². The first-order valence-corrected chi connectivity index (χ1v) is 7.10. The second-order valence-electron chi connectivity index (χ2n) is 5.20. The van der Waals surface area contributed by atoms with Crippen LogP contribution < -0.4 is 0 Å². The number of benzene rings is 1. The van der Waals surface area contributed by atoms with Crippen LogP contribution >= 0.6 is 11.6 Å². The number of fused-ring (bicyclic) bond motifs is 1. The first-order chi connectivity index (χ1) is 10.1. The first kappa shape index (κ1) is 13.8. The van der Waals surface area contributed by atoms with Gasteiger partial charge in [-0.25, -0.2) is 4.98 Å². The van der Waals surface area contributed by atoms with Gasteiger partial charge in [-0.3, -0.25) is 4.40 Å². The van der Waals surface area contributed by atoms with Crippen LogP contribution in [0.25, 0.3) is 16.9 Å². The van der Waals surface area contributed by atoms with Crippen molar-refractivity contribution in [3.63, 3.8) is 0 Å². The Bertz CT molecular complexity index is 806. The van der Waals surface area contributed by atoms with Crippen LogP contribution in [0.3, 0.4) is 0 Å². The van der Waals surface area contributed by atoms with Crippen molar-refractivity contribution in [2.45, 2.75) is 19.8 Å². The van der Waals surface area contributed by atoms with Crippen LogP contribution in [-0.4, -0.2) is 9.38 Å². The zero-order valence-corrected chi connectivity index (χ0v) is 12.5. The van der Waals surface area contributed by atoms with Crippen LogP contribution in [0, 0.1) is 4.91 Å². The maximum absolute atomic E-state index is 11.2. The minimum atomic E-state index is 0.268. The molecule has 0 fully saturated rings. The zero-order chi connectivity index (χ0) is 15.0. The molecule has 0 atom stereocenters. The molecule has 0 spiro atoms. The molecule has 0 aliphatic rings. The van der Waals surface area contributed by atoms with Gasteiger partial charge in [0.2, 0.25) is 5.82 Å². The van der Waals surface area contributed by atoms with Gasteiger partial charge in [0.05, 0.1) is 5.02 Å². The molecule has 0 unspecified atom stereocenters. The third-order valence-corrected chi connectivity index (χ3v) is 3.81. The van der Waals surface area contributed by atoms with E-state index in [1.807, 2.05) is 24.3 Å². The minimum absolute atomic E-state index is 0.268. The molecule has 5 heteroatoms. The Morgan fingerprint density at radius 3 is 2.52 bits per heavy atom. The quantitative estimate of drug-likeness (QED) is 0.626. The van der Waals surface area contributed by atoms with Gasteiger partial charge in [-0.15, -0.1) is 4.91 Å². The highest BCUT2D eigenvalue weighted by atomic mass is 35.5. The zero-order valence-electron chi connectivity index (χ0n) is 11.7. The molecular weight excluding hydrogens is 286 g/mol. The van der Waals surface area contributed by atoms with Crippen molar-refractivity contribution >= 4 is 23.1 Å². The highest BCUT2D eigenvalue weighted by Gasteiger charge is 2.16. The van der Waals surface area contributed by atoms with Crippen molar-refractivity contribution in [1.82, 2.24) is 9.38 Å². The first-order valence-electron chi connectivity index (χ1n) is 6.72. The Labute approximate surface area is 127 Å². The second-order valence-corrected chi connectivity index (χ2v) is 5.61. The average molecular weight is 300 g/mol. The van der Waals surface area contributed by atoms with E-state index in [2.05, 4.69) is 24.0 Å². The van der Waals surface area contributed by atoms with Crippen LogP contribution in [-0.2, 0) is 0 Å². The lowest BCUT2D eigenvalue weighted by Crippen LogP contribution is -1.87. The van der Waals surface area contributed by atoms with Gasteiger partial charge in [-0.05, 0) is 28.8 Å². The van der Waals surface area contributed by atoms with E-state index in [0.717, 1.165) is 5.56 Å². The molecule has 0 N–H and O–H groups in total. The summed E-state index contributed by atoms with van der Waals surface area (Å²) in [5.74, 6) is 0.725. The van der Waals surface area contributed by atoms with Crippen LogP contribution in [0.1, 0.15) is 25.3 Å². The number of hydrogen-bond donors (Lipinski definition) is 0. The maximum atomic E-state index is 11.2. The van der Waals surface area contributed by atoms with Gasteiger partial charge in [0.1, 0.15) is 5.69 Å². The molecule has 2 aromatic heterocycles. The van der Waals surface area contributed by atoms with Crippen LogP contribution in [0.4, 0.5) is 5.82 Å². The lowest BCUT2D eigenvalue weighted by atomic mass is 10.0. The largest absolute Gasteiger partial charge is 0.280 e. The Hall–Kier alpha value is -2.20. The number of pyridine rings is 1. The highest BCUT2D eigenvalue weighted by Crippen LogP contribution is 2.33. The monoisotopic (exact) mass is 299 g/mol. The van der Waals surface area contributed by atoms with Crippen LogP contribution in [0.2, 0.25) is 5.02 Å². The van der Waals surface area contributed by atoms with Gasteiger partial charge in [0.25, 0.3) is 0 Å². The van der Waals surface area contributed by atoms with E-state index >= 15 is 0 Å². The summed E-state index contributed by atoms with van der Waals surface area (Å²) in [6, 6.07) is 11.5. The number of nitrogens with zero attached hydrogens (tertiary/aromatic N) is 3. The molecular formula is C16H14ClN3O. The van der Waals surface area contributed by atoms with Gasteiger partial charge >= 0.3 is 0 Å². The van der Waals surface area contributed by atoms with E-state index in [1.165, 1.54) is 5.56 Å². The Kier molecular flexibility index (Phi) is 3.47. The second kappa shape index (κ2) is 5.30. The van der Waals surface area contributed by atoms with Crippen molar-refractivity contribution in [1.29, 1.82) is 0 Å². The Morgan fingerprint density at radius 2 is 1.90 bits per heavy atom. The fraction of sp³-hybridized carbons (Fsp3) is 0.188. The Balaban J connectivity index is 2.20. The van der Waals surface area contributed by atoms with E-state index in [0.29, 0.717) is 22.3 Å². The normalized spacial score (nSPS) is 11.2. The number of aromatic nitrogens is 2.